The standard InChI is InChI=1S/C11H8N2O5/c14-8-4-9(15)13-7-3-5(10(16)11(17)18)1-2-6(7)12-8/h1-3H,4H2,(H,12,14)(H,13,15)(H,17,18). The van der Waals surface area contributed by atoms with Crippen molar-refractivity contribution in [3.63, 3.8) is 0 Å². The van der Waals surface area contributed by atoms with Crippen LogP contribution in [0, 0.1) is 0 Å². The van der Waals surface area contributed by atoms with Gasteiger partial charge in [0.05, 0.1) is 11.4 Å². The van der Waals surface area contributed by atoms with Gasteiger partial charge in [0.2, 0.25) is 11.8 Å². The average Bonchev–Trinajstić information content (AvgIpc) is 2.43. The lowest BCUT2D eigenvalue weighted by Gasteiger charge is -2.07. The molecule has 0 atom stereocenters. The van der Waals surface area contributed by atoms with Crippen LogP contribution in [0.3, 0.4) is 0 Å². The van der Waals surface area contributed by atoms with Crippen molar-refractivity contribution >= 4 is 34.9 Å². The molecule has 0 radical (unpaired) electrons. The summed E-state index contributed by atoms with van der Waals surface area (Å²) >= 11 is 0. The molecule has 0 saturated carbocycles. The van der Waals surface area contributed by atoms with E-state index in [1.807, 2.05) is 0 Å². The Morgan fingerprint density at radius 2 is 1.67 bits per heavy atom. The van der Waals surface area contributed by atoms with Crippen LogP contribution in [0.5, 0.6) is 0 Å². The summed E-state index contributed by atoms with van der Waals surface area (Å²) in [7, 11) is 0. The van der Waals surface area contributed by atoms with E-state index in [4.69, 9.17) is 5.11 Å². The van der Waals surface area contributed by atoms with E-state index in [0.717, 1.165) is 0 Å². The van der Waals surface area contributed by atoms with Gasteiger partial charge < -0.3 is 15.7 Å². The number of carboxylic acid groups (broad SMARTS) is 1. The first-order valence-corrected chi connectivity index (χ1v) is 4.99. The minimum absolute atomic E-state index is 0.0716. The van der Waals surface area contributed by atoms with Gasteiger partial charge in [0, 0.05) is 5.56 Å². The molecule has 18 heavy (non-hydrogen) atoms. The van der Waals surface area contributed by atoms with Crippen molar-refractivity contribution in [1.82, 2.24) is 0 Å². The topological polar surface area (TPSA) is 113 Å². The Morgan fingerprint density at radius 3 is 2.28 bits per heavy atom. The zero-order valence-corrected chi connectivity index (χ0v) is 9.02. The molecule has 92 valence electrons. The van der Waals surface area contributed by atoms with Crippen molar-refractivity contribution in [1.29, 1.82) is 0 Å². The molecule has 0 spiro atoms. The van der Waals surface area contributed by atoms with Crippen LogP contribution in [-0.2, 0) is 14.4 Å². The van der Waals surface area contributed by atoms with Crippen molar-refractivity contribution in [3.8, 4) is 0 Å². The van der Waals surface area contributed by atoms with E-state index in [1.165, 1.54) is 18.2 Å². The number of benzene rings is 1. The summed E-state index contributed by atoms with van der Waals surface area (Å²) in [5.41, 5.74) is 0.462. The minimum Gasteiger partial charge on any atom is -0.475 e. The number of Topliss-reactive ketones (excluding diaryl/α,β-unsaturated/α-hetero) is 1. The highest BCUT2D eigenvalue weighted by atomic mass is 16.4. The van der Waals surface area contributed by atoms with Crippen LogP contribution in [0.25, 0.3) is 0 Å². The fourth-order valence-electron chi connectivity index (χ4n) is 1.56. The van der Waals surface area contributed by atoms with Gasteiger partial charge in [-0.3, -0.25) is 14.4 Å². The third-order valence-corrected chi connectivity index (χ3v) is 2.35. The number of anilines is 2. The van der Waals surface area contributed by atoms with Crippen LogP contribution in [0.4, 0.5) is 11.4 Å². The molecule has 0 bridgehead atoms. The molecule has 3 N–H and O–H groups in total. The number of hydrogen-bond donors (Lipinski definition) is 3. The summed E-state index contributed by atoms with van der Waals surface area (Å²) in [4.78, 5) is 44.4. The van der Waals surface area contributed by atoms with Crippen LogP contribution in [0.15, 0.2) is 18.2 Å². The van der Waals surface area contributed by atoms with E-state index in [1.54, 1.807) is 0 Å². The van der Waals surface area contributed by atoms with Gasteiger partial charge in [-0.25, -0.2) is 4.79 Å². The molecule has 2 amide bonds. The third kappa shape index (κ3) is 2.19. The van der Waals surface area contributed by atoms with Gasteiger partial charge in [0.25, 0.3) is 5.78 Å². The van der Waals surface area contributed by atoms with E-state index in [9.17, 15) is 19.2 Å². The van der Waals surface area contributed by atoms with Crippen molar-refractivity contribution in [2.45, 2.75) is 6.42 Å². The van der Waals surface area contributed by atoms with E-state index < -0.39 is 23.6 Å². The molecule has 7 nitrogen and oxygen atoms in total. The van der Waals surface area contributed by atoms with Gasteiger partial charge >= 0.3 is 5.97 Å². The lowest BCUT2D eigenvalue weighted by Crippen LogP contribution is -2.16. The Kier molecular flexibility index (Phi) is 2.80. The smallest absolute Gasteiger partial charge is 0.377 e. The lowest BCUT2D eigenvalue weighted by atomic mass is 10.1. The van der Waals surface area contributed by atoms with Crippen LogP contribution in [0.1, 0.15) is 16.8 Å². The molecule has 2 rings (SSSR count). The molecule has 0 fully saturated rings. The summed E-state index contributed by atoms with van der Waals surface area (Å²) in [5, 5.41) is 13.5. The SMILES string of the molecule is O=C1CC(=O)Nc2cc(C(=O)C(=O)O)ccc2N1. The number of carboxylic acids is 1. The number of nitrogens with one attached hydrogen (secondary N) is 2. The van der Waals surface area contributed by atoms with Crippen molar-refractivity contribution in [2.75, 3.05) is 10.6 Å². The number of aliphatic carboxylic acids is 1. The molecule has 0 aromatic heterocycles. The monoisotopic (exact) mass is 248 g/mol. The Balaban J connectivity index is 2.43. The number of amides is 2. The third-order valence-electron chi connectivity index (χ3n) is 2.35. The summed E-state index contributed by atoms with van der Waals surface area (Å²) in [6.45, 7) is 0. The number of hydrogen-bond acceptors (Lipinski definition) is 4. The van der Waals surface area contributed by atoms with Crippen LogP contribution < -0.4 is 10.6 Å². The second-order valence-corrected chi connectivity index (χ2v) is 3.67. The van der Waals surface area contributed by atoms with Gasteiger partial charge in [-0.2, -0.15) is 0 Å². The molecular weight excluding hydrogens is 240 g/mol. The Hall–Kier alpha value is -2.70. The maximum Gasteiger partial charge on any atom is 0.377 e. The van der Waals surface area contributed by atoms with E-state index in [2.05, 4.69) is 10.6 Å². The van der Waals surface area contributed by atoms with Crippen LogP contribution in [-0.4, -0.2) is 28.7 Å². The van der Waals surface area contributed by atoms with Crippen LogP contribution in [0.2, 0.25) is 0 Å². The minimum atomic E-state index is -1.58. The van der Waals surface area contributed by atoms with Gasteiger partial charge in [-0.15, -0.1) is 0 Å². The Labute approximate surface area is 101 Å². The fourth-order valence-corrected chi connectivity index (χ4v) is 1.56. The predicted molar refractivity (Wildman–Crippen MR) is 60.3 cm³/mol. The Morgan fingerprint density at radius 1 is 1.06 bits per heavy atom. The van der Waals surface area contributed by atoms with Crippen molar-refractivity contribution < 1.29 is 24.3 Å². The lowest BCUT2D eigenvalue weighted by molar-refractivity contribution is -0.132. The first-order valence-electron chi connectivity index (χ1n) is 4.99. The summed E-state index contributed by atoms with van der Waals surface area (Å²) in [5.74, 6) is -3.66. The number of fused-ring (bicyclic) bond motifs is 1. The van der Waals surface area contributed by atoms with Gasteiger partial charge in [-0.05, 0) is 18.2 Å². The largest absolute Gasteiger partial charge is 0.475 e. The fraction of sp³-hybridized carbons (Fsp3) is 0.0909. The highest BCUT2D eigenvalue weighted by molar-refractivity contribution is 6.40. The molecule has 0 unspecified atom stereocenters. The molecule has 1 aromatic rings. The summed E-state index contributed by atoms with van der Waals surface area (Å²) < 4.78 is 0. The normalized spacial score (nSPS) is 14.0. The zero-order valence-electron chi connectivity index (χ0n) is 9.02. The van der Waals surface area contributed by atoms with Crippen molar-refractivity contribution in [3.05, 3.63) is 23.8 Å². The Bertz CT molecular complexity index is 579. The van der Waals surface area contributed by atoms with Crippen LogP contribution >= 0.6 is 0 Å². The maximum atomic E-state index is 11.3. The highest BCUT2D eigenvalue weighted by Gasteiger charge is 2.21. The molecule has 1 heterocycles. The molecule has 1 aliphatic heterocycles. The molecule has 1 aromatic carbocycles. The molecule has 1 aliphatic rings. The number of carbonyl (C=O) groups excluding carboxylic acids is 3. The zero-order chi connectivity index (χ0) is 13.3. The number of ketones is 1. The first kappa shape index (κ1) is 11.8. The van der Waals surface area contributed by atoms with Gasteiger partial charge in [-0.1, -0.05) is 0 Å². The first-order chi connectivity index (χ1) is 8.47. The predicted octanol–water partition coefficient (Wildman–Crippen LogP) is 0.235. The van der Waals surface area contributed by atoms with E-state index >= 15 is 0 Å². The van der Waals surface area contributed by atoms with E-state index in [-0.39, 0.29) is 17.7 Å². The second kappa shape index (κ2) is 4.28. The molecule has 7 heteroatoms. The molecule has 0 aliphatic carbocycles. The average molecular weight is 248 g/mol. The number of carbonyl (C=O) groups is 4. The van der Waals surface area contributed by atoms with E-state index in [0.29, 0.717) is 5.69 Å². The maximum absolute atomic E-state index is 11.3. The summed E-state index contributed by atoms with van der Waals surface area (Å²) in [6, 6.07) is 3.86. The van der Waals surface area contributed by atoms with Gasteiger partial charge in [0.15, 0.2) is 0 Å². The van der Waals surface area contributed by atoms with Crippen molar-refractivity contribution in [2.24, 2.45) is 0 Å². The molecular formula is C11H8N2O5. The quantitative estimate of drug-likeness (QED) is 0.394. The van der Waals surface area contributed by atoms with Gasteiger partial charge in [0.1, 0.15) is 6.42 Å². The molecule has 0 saturated heterocycles. The highest BCUT2D eigenvalue weighted by Crippen LogP contribution is 2.26. The second-order valence-electron chi connectivity index (χ2n) is 3.67. The number of rotatable bonds is 2. The summed E-state index contributed by atoms with van der Waals surface area (Å²) in [6.07, 6.45) is -0.323.